The van der Waals surface area contributed by atoms with Crippen LogP contribution in [0.4, 0.5) is 0 Å². The van der Waals surface area contributed by atoms with Gasteiger partial charge in [-0.25, -0.2) is 4.98 Å². The molecule has 1 aliphatic heterocycles. The van der Waals surface area contributed by atoms with Gasteiger partial charge in [-0.3, -0.25) is 19.1 Å². The average Bonchev–Trinajstić information content (AvgIpc) is 2.63. The molecule has 1 aromatic heterocycles. The van der Waals surface area contributed by atoms with Gasteiger partial charge in [0.05, 0.1) is 11.0 Å². The number of nitrogens with one attached hydrogen (secondary N) is 1. The zero-order chi connectivity index (χ0) is 19.6. The van der Waals surface area contributed by atoms with Crippen LogP contribution in [0.3, 0.4) is 0 Å². The van der Waals surface area contributed by atoms with E-state index >= 15 is 0 Å². The largest absolute Gasteiger partial charge is 0.353 e. The first-order valence-corrected chi connectivity index (χ1v) is 9.51. The maximum absolute atomic E-state index is 12.6. The molecule has 3 rings (SSSR count). The molecule has 2 heterocycles. The predicted molar refractivity (Wildman–Crippen MR) is 107 cm³/mol. The van der Waals surface area contributed by atoms with Crippen molar-refractivity contribution in [2.75, 3.05) is 46.3 Å². The van der Waals surface area contributed by atoms with E-state index in [0.29, 0.717) is 17.8 Å². The monoisotopic (exact) mass is 371 g/mol. The molecular weight excluding hydrogens is 342 g/mol. The normalized spacial score (nSPS) is 16.0. The summed E-state index contributed by atoms with van der Waals surface area (Å²) >= 11 is 0. The lowest BCUT2D eigenvalue weighted by molar-refractivity contribution is -0.121. The number of fused-ring (bicyclic) bond motifs is 1. The molecule has 27 heavy (non-hydrogen) atoms. The number of carbonyl (C=O) groups excluding carboxylic acids is 1. The SMILES string of the molecule is Cc1cc2nc(C)c(=O)n(CC(=O)NCCN3CCN(C)CC3)c2cc1C. The highest BCUT2D eigenvalue weighted by Crippen LogP contribution is 2.17. The van der Waals surface area contributed by atoms with Crippen molar-refractivity contribution in [3.63, 3.8) is 0 Å². The molecule has 0 radical (unpaired) electrons. The van der Waals surface area contributed by atoms with Crippen LogP contribution in [0.1, 0.15) is 16.8 Å². The van der Waals surface area contributed by atoms with Crippen molar-refractivity contribution in [1.29, 1.82) is 0 Å². The molecule has 1 amide bonds. The number of likely N-dealkylation sites (N-methyl/N-ethyl adjacent to an activating group) is 1. The molecule has 1 saturated heterocycles. The molecule has 0 bridgehead atoms. The van der Waals surface area contributed by atoms with Gasteiger partial charge in [-0.15, -0.1) is 0 Å². The van der Waals surface area contributed by atoms with Crippen molar-refractivity contribution >= 4 is 16.9 Å². The number of aromatic nitrogens is 2. The summed E-state index contributed by atoms with van der Waals surface area (Å²) in [5.41, 5.74) is 3.87. The van der Waals surface area contributed by atoms with Gasteiger partial charge in [0, 0.05) is 39.3 Å². The van der Waals surface area contributed by atoms with Gasteiger partial charge in [0.2, 0.25) is 5.91 Å². The number of nitrogens with zero attached hydrogens (tertiary/aromatic N) is 4. The molecule has 0 unspecified atom stereocenters. The van der Waals surface area contributed by atoms with E-state index in [9.17, 15) is 9.59 Å². The molecule has 1 aliphatic rings. The number of piperazine rings is 1. The first-order valence-electron chi connectivity index (χ1n) is 9.51. The summed E-state index contributed by atoms with van der Waals surface area (Å²) < 4.78 is 1.54. The van der Waals surface area contributed by atoms with Crippen LogP contribution in [0.2, 0.25) is 0 Å². The van der Waals surface area contributed by atoms with Gasteiger partial charge in [0.25, 0.3) is 5.56 Å². The van der Waals surface area contributed by atoms with Crippen molar-refractivity contribution in [2.24, 2.45) is 0 Å². The van der Waals surface area contributed by atoms with Crippen molar-refractivity contribution in [3.8, 4) is 0 Å². The van der Waals surface area contributed by atoms with E-state index in [1.165, 1.54) is 4.57 Å². The van der Waals surface area contributed by atoms with Gasteiger partial charge in [-0.2, -0.15) is 0 Å². The molecule has 1 fully saturated rings. The van der Waals surface area contributed by atoms with E-state index in [2.05, 4.69) is 27.1 Å². The van der Waals surface area contributed by atoms with Crippen molar-refractivity contribution in [1.82, 2.24) is 24.7 Å². The second kappa shape index (κ2) is 8.19. The molecule has 0 aliphatic carbocycles. The molecule has 0 saturated carbocycles. The molecule has 7 heteroatoms. The van der Waals surface area contributed by atoms with Crippen LogP contribution in [0.5, 0.6) is 0 Å². The van der Waals surface area contributed by atoms with Crippen LogP contribution >= 0.6 is 0 Å². The van der Waals surface area contributed by atoms with Crippen LogP contribution in [-0.4, -0.2) is 71.6 Å². The minimum absolute atomic E-state index is 0.0178. The summed E-state index contributed by atoms with van der Waals surface area (Å²) in [4.78, 5) is 34.1. The summed E-state index contributed by atoms with van der Waals surface area (Å²) in [6.07, 6.45) is 0. The molecule has 2 aromatic rings. The van der Waals surface area contributed by atoms with E-state index in [1.54, 1.807) is 6.92 Å². The number of carbonyl (C=O) groups is 1. The Morgan fingerprint density at radius 2 is 1.78 bits per heavy atom. The number of aryl methyl sites for hydroxylation is 3. The Hall–Kier alpha value is -2.25. The van der Waals surface area contributed by atoms with Crippen LogP contribution in [0.25, 0.3) is 11.0 Å². The Balaban J connectivity index is 1.68. The van der Waals surface area contributed by atoms with E-state index in [0.717, 1.165) is 49.4 Å². The first kappa shape index (κ1) is 19.5. The second-order valence-corrected chi connectivity index (χ2v) is 7.51. The summed E-state index contributed by atoms with van der Waals surface area (Å²) in [5, 5.41) is 2.95. The summed E-state index contributed by atoms with van der Waals surface area (Å²) in [7, 11) is 2.13. The maximum atomic E-state index is 12.6. The summed E-state index contributed by atoms with van der Waals surface area (Å²) in [6, 6.07) is 3.91. The number of rotatable bonds is 5. The Kier molecular flexibility index (Phi) is 5.92. The van der Waals surface area contributed by atoms with Gasteiger partial charge in [-0.1, -0.05) is 0 Å². The van der Waals surface area contributed by atoms with Crippen LogP contribution < -0.4 is 10.9 Å². The van der Waals surface area contributed by atoms with Gasteiger partial charge in [0.15, 0.2) is 0 Å². The van der Waals surface area contributed by atoms with Crippen LogP contribution in [0.15, 0.2) is 16.9 Å². The zero-order valence-electron chi connectivity index (χ0n) is 16.7. The van der Waals surface area contributed by atoms with Gasteiger partial charge < -0.3 is 10.2 Å². The van der Waals surface area contributed by atoms with Crippen LogP contribution in [0, 0.1) is 20.8 Å². The highest BCUT2D eigenvalue weighted by atomic mass is 16.2. The molecule has 0 atom stereocenters. The lowest BCUT2D eigenvalue weighted by Crippen LogP contribution is -2.47. The lowest BCUT2D eigenvalue weighted by atomic mass is 10.1. The third-order valence-corrected chi connectivity index (χ3v) is 5.37. The van der Waals surface area contributed by atoms with Gasteiger partial charge >= 0.3 is 0 Å². The fourth-order valence-corrected chi connectivity index (χ4v) is 3.41. The molecule has 0 spiro atoms. The molecule has 1 N–H and O–H groups in total. The Morgan fingerprint density at radius 3 is 2.48 bits per heavy atom. The van der Waals surface area contributed by atoms with E-state index in [4.69, 9.17) is 0 Å². The quantitative estimate of drug-likeness (QED) is 0.837. The number of hydrogen-bond acceptors (Lipinski definition) is 5. The topological polar surface area (TPSA) is 70.5 Å². The van der Waals surface area contributed by atoms with Gasteiger partial charge in [-0.05, 0) is 51.1 Å². The van der Waals surface area contributed by atoms with Crippen molar-refractivity contribution in [2.45, 2.75) is 27.3 Å². The Labute approximate surface area is 160 Å². The standard InChI is InChI=1S/C20H29N5O2/c1-14-11-17-18(12-15(14)2)25(20(27)16(3)22-17)13-19(26)21-5-6-24-9-7-23(4)8-10-24/h11-12H,5-10,13H2,1-4H3,(H,21,26). The highest BCUT2D eigenvalue weighted by molar-refractivity contribution is 5.81. The minimum Gasteiger partial charge on any atom is -0.353 e. The van der Waals surface area contributed by atoms with E-state index in [1.807, 2.05) is 26.0 Å². The summed E-state index contributed by atoms with van der Waals surface area (Å²) in [6.45, 7) is 11.3. The highest BCUT2D eigenvalue weighted by Gasteiger charge is 2.15. The number of hydrogen-bond donors (Lipinski definition) is 1. The average molecular weight is 371 g/mol. The van der Waals surface area contributed by atoms with E-state index in [-0.39, 0.29) is 18.0 Å². The third kappa shape index (κ3) is 4.54. The lowest BCUT2D eigenvalue weighted by Gasteiger charge is -2.32. The maximum Gasteiger partial charge on any atom is 0.272 e. The first-order chi connectivity index (χ1) is 12.8. The Morgan fingerprint density at radius 1 is 1.11 bits per heavy atom. The number of benzene rings is 1. The van der Waals surface area contributed by atoms with Crippen LogP contribution in [-0.2, 0) is 11.3 Å². The molecule has 146 valence electrons. The zero-order valence-corrected chi connectivity index (χ0v) is 16.7. The van der Waals surface area contributed by atoms with Crippen molar-refractivity contribution < 1.29 is 4.79 Å². The number of amides is 1. The second-order valence-electron chi connectivity index (χ2n) is 7.51. The Bertz CT molecular complexity index is 897. The van der Waals surface area contributed by atoms with Crippen molar-refractivity contribution in [3.05, 3.63) is 39.3 Å². The minimum atomic E-state index is -0.208. The third-order valence-electron chi connectivity index (χ3n) is 5.37. The molecule has 1 aromatic carbocycles. The fraction of sp³-hybridized carbons (Fsp3) is 0.550. The fourth-order valence-electron chi connectivity index (χ4n) is 3.41. The summed E-state index contributed by atoms with van der Waals surface area (Å²) in [5.74, 6) is -0.142. The molecular formula is C20H29N5O2. The predicted octanol–water partition coefficient (Wildman–Crippen LogP) is 0.685. The van der Waals surface area contributed by atoms with Gasteiger partial charge in [0.1, 0.15) is 12.2 Å². The smallest absolute Gasteiger partial charge is 0.272 e. The van der Waals surface area contributed by atoms with E-state index < -0.39 is 0 Å². The molecule has 7 nitrogen and oxygen atoms in total.